The molecule has 0 aliphatic rings. The minimum Gasteiger partial charge on any atom is -0.258 e. The number of nitrogens with zero attached hydrogens (tertiary/aromatic N) is 3. The maximum absolute atomic E-state index is 10.4. The molecule has 0 fully saturated rings. The lowest BCUT2D eigenvalue weighted by Gasteiger charge is -1.93. The molecule has 1 aromatic heterocycles. The van der Waals surface area contributed by atoms with Gasteiger partial charge in [0.25, 0.3) is 5.69 Å². The van der Waals surface area contributed by atoms with Crippen molar-refractivity contribution >= 4 is 11.8 Å². The molecule has 5 heteroatoms. The highest BCUT2D eigenvalue weighted by Crippen LogP contribution is 2.15. The Morgan fingerprint density at radius 2 is 2.46 bits per heavy atom. The Bertz CT molecular complexity index is 393. The van der Waals surface area contributed by atoms with Crippen molar-refractivity contribution in [2.24, 2.45) is 0 Å². The van der Waals surface area contributed by atoms with E-state index in [0.717, 1.165) is 6.08 Å². The zero-order chi connectivity index (χ0) is 9.68. The fourth-order valence-electron chi connectivity index (χ4n) is 0.808. The predicted molar refractivity (Wildman–Crippen MR) is 45.5 cm³/mol. The Hall–Kier alpha value is -2.22. The van der Waals surface area contributed by atoms with Crippen LogP contribution in [0, 0.1) is 21.4 Å². The molecule has 1 rings (SSSR count). The van der Waals surface area contributed by atoms with Crippen molar-refractivity contribution in [2.45, 2.75) is 0 Å². The zero-order valence-electron chi connectivity index (χ0n) is 6.54. The van der Waals surface area contributed by atoms with E-state index in [0.29, 0.717) is 0 Å². The maximum atomic E-state index is 10.4. The quantitative estimate of drug-likeness (QED) is 0.387. The summed E-state index contributed by atoms with van der Waals surface area (Å²) in [5.41, 5.74) is 0.0862. The molecule has 0 unspecified atom stereocenters. The van der Waals surface area contributed by atoms with E-state index in [1.807, 2.05) is 0 Å². The molecule has 13 heavy (non-hydrogen) atoms. The summed E-state index contributed by atoms with van der Waals surface area (Å²) < 4.78 is 0. The first-order chi connectivity index (χ1) is 6.25. The summed E-state index contributed by atoms with van der Waals surface area (Å²) >= 11 is 0. The van der Waals surface area contributed by atoms with E-state index in [9.17, 15) is 10.1 Å². The van der Waals surface area contributed by atoms with E-state index < -0.39 is 4.92 Å². The van der Waals surface area contributed by atoms with Gasteiger partial charge in [0.2, 0.25) is 0 Å². The van der Waals surface area contributed by atoms with Crippen LogP contribution in [-0.4, -0.2) is 9.91 Å². The first-order valence-corrected chi connectivity index (χ1v) is 3.41. The van der Waals surface area contributed by atoms with Crippen LogP contribution in [-0.2, 0) is 0 Å². The van der Waals surface area contributed by atoms with Gasteiger partial charge in [-0.1, -0.05) is 0 Å². The van der Waals surface area contributed by atoms with E-state index in [1.165, 1.54) is 24.4 Å². The number of nitro groups is 1. The lowest BCUT2D eigenvalue weighted by molar-refractivity contribution is -0.385. The Labute approximate surface area is 74.1 Å². The first kappa shape index (κ1) is 8.87. The van der Waals surface area contributed by atoms with Crippen molar-refractivity contribution in [3.63, 3.8) is 0 Å². The van der Waals surface area contributed by atoms with Crippen molar-refractivity contribution < 1.29 is 4.92 Å². The average molecular weight is 175 g/mol. The number of hydrogen-bond acceptors (Lipinski definition) is 4. The van der Waals surface area contributed by atoms with Crippen molar-refractivity contribution in [1.82, 2.24) is 4.98 Å². The average Bonchev–Trinajstić information content (AvgIpc) is 2.15. The van der Waals surface area contributed by atoms with Gasteiger partial charge in [-0.3, -0.25) is 10.1 Å². The number of hydrogen-bond donors (Lipinski definition) is 0. The van der Waals surface area contributed by atoms with Gasteiger partial charge in [0.05, 0.1) is 11.0 Å². The van der Waals surface area contributed by atoms with Crippen LogP contribution in [0.1, 0.15) is 5.69 Å². The van der Waals surface area contributed by atoms with Gasteiger partial charge in [0, 0.05) is 18.3 Å². The van der Waals surface area contributed by atoms with Crippen LogP contribution in [0.15, 0.2) is 24.4 Å². The molecule has 0 aromatic carbocycles. The monoisotopic (exact) mass is 175 g/mol. The Morgan fingerprint density at radius 1 is 1.69 bits per heavy atom. The van der Waals surface area contributed by atoms with Gasteiger partial charge < -0.3 is 0 Å². The van der Waals surface area contributed by atoms with Gasteiger partial charge >= 0.3 is 0 Å². The lowest BCUT2D eigenvalue weighted by atomic mass is 10.3. The van der Waals surface area contributed by atoms with E-state index in [2.05, 4.69) is 4.98 Å². The summed E-state index contributed by atoms with van der Waals surface area (Å²) in [5.74, 6) is 0. The molecule has 0 aliphatic carbocycles. The molecule has 1 aromatic rings. The van der Waals surface area contributed by atoms with Crippen molar-refractivity contribution in [3.05, 3.63) is 40.2 Å². The molecule has 0 N–H and O–H groups in total. The number of allylic oxidation sites excluding steroid dienone is 1. The molecule has 64 valence electrons. The summed E-state index contributed by atoms with van der Waals surface area (Å²) in [4.78, 5) is 13.7. The lowest BCUT2D eigenvalue weighted by Crippen LogP contribution is -1.92. The van der Waals surface area contributed by atoms with Crippen molar-refractivity contribution in [2.75, 3.05) is 0 Å². The number of aromatic nitrogens is 1. The van der Waals surface area contributed by atoms with Crippen LogP contribution in [0.2, 0.25) is 0 Å². The predicted octanol–water partition coefficient (Wildman–Crippen LogP) is 1.53. The normalized spacial score (nSPS) is 9.77. The van der Waals surface area contributed by atoms with Crippen LogP contribution in [0.5, 0.6) is 0 Å². The van der Waals surface area contributed by atoms with Crippen LogP contribution in [0.4, 0.5) is 5.69 Å². The number of nitriles is 1. The largest absolute Gasteiger partial charge is 0.294 e. The third-order valence-corrected chi connectivity index (χ3v) is 1.33. The highest BCUT2D eigenvalue weighted by atomic mass is 16.6. The summed E-state index contributed by atoms with van der Waals surface area (Å²) in [5, 5.41) is 18.7. The van der Waals surface area contributed by atoms with Crippen LogP contribution >= 0.6 is 0 Å². The molecule has 0 spiro atoms. The number of pyridine rings is 1. The van der Waals surface area contributed by atoms with Crippen molar-refractivity contribution in [3.8, 4) is 6.07 Å². The Morgan fingerprint density at radius 3 is 3.08 bits per heavy atom. The first-order valence-electron chi connectivity index (χ1n) is 3.41. The maximum Gasteiger partial charge on any atom is 0.294 e. The minimum atomic E-state index is -0.538. The van der Waals surface area contributed by atoms with E-state index in [4.69, 9.17) is 5.26 Å². The molecule has 5 nitrogen and oxygen atoms in total. The summed E-state index contributed by atoms with van der Waals surface area (Å²) in [6.07, 6.45) is 3.89. The number of rotatable bonds is 2. The van der Waals surface area contributed by atoms with Crippen LogP contribution < -0.4 is 0 Å². The van der Waals surface area contributed by atoms with Crippen LogP contribution in [0.3, 0.4) is 0 Å². The highest BCUT2D eigenvalue weighted by molar-refractivity contribution is 5.57. The highest BCUT2D eigenvalue weighted by Gasteiger charge is 2.10. The fourth-order valence-corrected chi connectivity index (χ4v) is 0.808. The minimum absolute atomic E-state index is 0.103. The SMILES string of the molecule is N#CC=Cc1ncccc1[N+](=O)[O-]. The third kappa shape index (κ3) is 2.10. The molecule has 0 atom stereocenters. The van der Waals surface area contributed by atoms with Gasteiger partial charge in [0.15, 0.2) is 0 Å². The van der Waals surface area contributed by atoms with E-state index in [1.54, 1.807) is 6.07 Å². The second-order valence-electron chi connectivity index (χ2n) is 2.13. The third-order valence-electron chi connectivity index (χ3n) is 1.33. The van der Waals surface area contributed by atoms with Gasteiger partial charge in [-0.05, 0) is 12.1 Å². The fraction of sp³-hybridized carbons (Fsp3) is 0. The molecule has 0 saturated carbocycles. The Balaban J connectivity index is 3.14. The molecule has 0 bridgehead atoms. The molecule has 1 heterocycles. The smallest absolute Gasteiger partial charge is 0.258 e. The molecule has 0 saturated heterocycles. The second-order valence-corrected chi connectivity index (χ2v) is 2.13. The van der Waals surface area contributed by atoms with Gasteiger partial charge in [-0.25, -0.2) is 4.98 Å². The summed E-state index contributed by atoms with van der Waals surface area (Å²) in [6, 6.07) is 4.55. The van der Waals surface area contributed by atoms with Crippen LogP contribution in [0.25, 0.3) is 6.08 Å². The van der Waals surface area contributed by atoms with E-state index >= 15 is 0 Å². The Kier molecular flexibility index (Phi) is 2.71. The standard InChI is InChI=1S/C8H5N3O2/c9-5-1-3-7-8(11(12)13)4-2-6-10-7/h1-4,6H. The summed E-state index contributed by atoms with van der Waals surface area (Å²) in [6.45, 7) is 0. The van der Waals surface area contributed by atoms with Gasteiger partial charge in [-0.2, -0.15) is 5.26 Å². The van der Waals surface area contributed by atoms with Gasteiger partial charge in [0.1, 0.15) is 5.69 Å². The molecular weight excluding hydrogens is 170 g/mol. The molecule has 0 amide bonds. The van der Waals surface area contributed by atoms with Gasteiger partial charge in [-0.15, -0.1) is 0 Å². The topological polar surface area (TPSA) is 79.8 Å². The molecular formula is C8H5N3O2. The second kappa shape index (κ2) is 3.97. The molecule has 0 radical (unpaired) electrons. The zero-order valence-corrected chi connectivity index (χ0v) is 6.54. The van der Waals surface area contributed by atoms with E-state index in [-0.39, 0.29) is 11.4 Å². The molecule has 0 aliphatic heterocycles. The van der Waals surface area contributed by atoms with Crippen molar-refractivity contribution in [1.29, 1.82) is 5.26 Å². The summed E-state index contributed by atoms with van der Waals surface area (Å²) in [7, 11) is 0.